The van der Waals surface area contributed by atoms with Crippen LogP contribution in [0, 0.1) is 0 Å². The molecule has 0 bridgehead atoms. The van der Waals surface area contributed by atoms with Gasteiger partial charge in [-0.2, -0.15) is 0 Å². The minimum Gasteiger partial charge on any atom is -0.379 e. The molecule has 3 rings (SSSR count). The third-order valence-electron chi connectivity index (χ3n) is 5.93. The zero-order valence-electron chi connectivity index (χ0n) is 16.8. The van der Waals surface area contributed by atoms with Crippen molar-refractivity contribution in [2.75, 3.05) is 52.4 Å². The van der Waals surface area contributed by atoms with Crippen LogP contribution in [-0.2, 0) is 11.2 Å². The highest BCUT2D eigenvalue weighted by Gasteiger charge is 2.43. The number of hydrogen-bond donors (Lipinski definition) is 1. The first-order chi connectivity index (χ1) is 13.1. The van der Waals surface area contributed by atoms with Crippen molar-refractivity contribution in [3.63, 3.8) is 0 Å². The molecule has 27 heavy (non-hydrogen) atoms. The van der Waals surface area contributed by atoms with E-state index in [2.05, 4.69) is 41.0 Å². The van der Waals surface area contributed by atoms with E-state index in [0.29, 0.717) is 13.0 Å². The van der Waals surface area contributed by atoms with Gasteiger partial charge < -0.3 is 14.9 Å². The van der Waals surface area contributed by atoms with E-state index in [0.717, 1.165) is 65.1 Å². The van der Waals surface area contributed by atoms with Gasteiger partial charge in [0.05, 0.1) is 0 Å². The molecule has 2 heterocycles. The number of nitrogens with zero attached hydrogens (tertiary/aromatic N) is 3. The third kappa shape index (κ3) is 5.53. The highest BCUT2D eigenvalue weighted by molar-refractivity contribution is 5.86. The number of carbonyl (C=O) groups is 1. The number of carbonyl (C=O) groups excluding carboxylic acids is 1. The fourth-order valence-electron chi connectivity index (χ4n) is 4.40. The van der Waals surface area contributed by atoms with Crippen LogP contribution in [0.1, 0.15) is 38.2 Å². The summed E-state index contributed by atoms with van der Waals surface area (Å²) < 4.78 is 0. The van der Waals surface area contributed by atoms with Crippen LogP contribution in [0.4, 0.5) is 0 Å². The van der Waals surface area contributed by atoms with Crippen LogP contribution in [-0.4, -0.2) is 83.7 Å². The lowest BCUT2D eigenvalue weighted by Crippen LogP contribution is -2.60. The second kappa shape index (κ2) is 9.67. The molecular formula is C22H35N3O2. The number of aliphatic hydroxyl groups is 1. The molecule has 0 saturated carbocycles. The number of β-amino-alcohol motifs (C(OH)–C–C–N with tert-alkyl or cyclic N) is 1. The first-order valence-corrected chi connectivity index (χ1v) is 10.6. The number of piperazine rings is 1. The molecule has 150 valence electrons. The van der Waals surface area contributed by atoms with Crippen LogP contribution in [0.2, 0.25) is 0 Å². The summed E-state index contributed by atoms with van der Waals surface area (Å²) in [6.45, 7) is 9.33. The number of aryl methyl sites for hydroxylation is 1. The molecule has 2 saturated heterocycles. The molecule has 0 aliphatic carbocycles. The monoisotopic (exact) mass is 373 g/mol. The third-order valence-corrected chi connectivity index (χ3v) is 5.93. The summed E-state index contributed by atoms with van der Waals surface area (Å²) in [6, 6.07) is 10.4. The van der Waals surface area contributed by atoms with Crippen molar-refractivity contribution < 1.29 is 9.90 Å². The molecule has 1 aromatic rings. The Labute approximate surface area is 163 Å². The van der Waals surface area contributed by atoms with E-state index in [9.17, 15) is 9.90 Å². The van der Waals surface area contributed by atoms with E-state index in [4.69, 9.17) is 0 Å². The lowest BCUT2D eigenvalue weighted by Gasteiger charge is -2.43. The average Bonchev–Trinajstić information content (AvgIpc) is 2.68. The lowest BCUT2D eigenvalue weighted by molar-refractivity contribution is -0.160. The molecule has 1 amide bonds. The van der Waals surface area contributed by atoms with Crippen LogP contribution in [0.5, 0.6) is 0 Å². The number of rotatable bonds is 8. The molecule has 0 spiro atoms. The van der Waals surface area contributed by atoms with Crippen LogP contribution in [0.3, 0.4) is 0 Å². The maximum Gasteiger partial charge on any atom is 0.255 e. The van der Waals surface area contributed by atoms with Gasteiger partial charge in [-0.3, -0.25) is 9.69 Å². The lowest BCUT2D eigenvalue weighted by atomic mass is 9.90. The van der Waals surface area contributed by atoms with Gasteiger partial charge in [0.15, 0.2) is 5.60 Å². The Morgan fingerprint density at radius 3 is 2.41 bits per heavy atom. The van der Waals surface area contributed by atoms with Gasteiger partial charge in [0.25, 0.3) is 5.91 Å². The zero-order chi connectivity index (χ0) is 19.1. The predicted molar refractivity (Wildman–Crippen MR) is 109 cm³/mol. The van der Waals surface area contributed by atoms with E-state index in [1.807, 2.05) is 11.0 Å². The van der Waals surface area contributed by atoms with Crippen molar-refractivity contribution in [2.45, 2.75) is 44.6 Å². The van der Waals surface area contributed by atoms with Crippen LogP contribution in [0.15, 0.2) is 30.3 Å². The maximum absolute atomic E-state index is 13.0. The van der Waals surface area contributed by atoms with E-state index in [-0.39, 0.29) is 5.91 Å². The average molecular weight is 374 g/mol. The summed E-state index contributed by atoms with van der Waals surface area (Å²) in [5, 5.41) is 11.1. The van der Waals surface area contributed by atoms with E-state index < -0.39 is 5.60 Å². The Kier molecular flexibility index (Phi) is 7.27. The summed E-state index contributed by atoms with van der Waals surface area (Å²) in [4.78, 5) is 19.6. The van der Waals surface area contributed by atoms with Crippen molar-refractivity contribution in [3.05, 3.63) is 35.9 Å². The van der Waals surface area contributed by atoms with Gasteiger partial charge in [0, 0.05) is 45.8 Å². The van der Waals surface area contributed by atoms with Crippen LogP contribution < -0.4 is 0 Å². The molecule has 1 N–H and O–H groups in total. The first kappa shape index (κ1) is 20.3. The summed E-state index contributed by atoms with van der Waals surface area (Å²) >= 11 is 0. The predicted octanol–water partition coefficient (Wildman–Crippen LogP) is 2.00. The fourth-order valence-corrected chi connectivity index (χ4v) is 4.40. The summed E-state index contributed by atoms with van der Waals surface area (Å²) in [5.74, 6) is -0.0576. The van der Waals surface area contributed by atoms with Crippen molar-refractivity contribution in [3.8, 4) is 0 Å². The number of benzene rings is 1. The molecule has 5 heteroatoms. The Morgan fingerprint density at radius 2 is 1.70 bits per heavy atom. The number of piperidine rings is 1. The number of likely N-dealkylation sites (tertiary alicyclic amines) is 1. The zero-order valence-corrected chi connectivity index (χ0v) is 16.8. The van der Waals surface area contributed by atoms with Gasteiger partial charge in [-0.1, -0.05) is 37.3 Å². The van der Waals surface area contributed by atoms with Gasteiger partial charge in [0.1, 0.15) is 0 Å². The van der Waals surface area contributed by atoms with Gasteiger partial charge in [-0.05, 0) is 44.2 Å². The first-order valence-electron chi connectivity index (χ1n) is 10.6. The Balaban J connectivity index is 1.48. The minimum atomic E-state index is -1.20. The second-order valence-electron chi connectivity index (χ2n) is 8.13. The van der Waals surface area contributed by atoms with Crippen molar-refractivity contribution in [1.29, 1.82) is 0 Å². The maximum atomic E-state index is 13.0. The van der Waals surface area contributed by atoms with Gasteiger partial charge in [-0.25, -0.2) is 0 Å². The van der Waals surface area contributed by atoms with Gasteiger partial charge in [-0.15, -0.1) is 0 Å². The number of amides is 1. The smallest absolute Gasteiger partial charge is 0.255 e. The Hall–Kier alpha value is -1.43. The number of hydrogen-bond acceptors (Lipinski definition) is 4. The van der Waals surface area contributed by atoms with Gasteiger partial charge >= 0.3 is 0 Å². The highest BCUT2D eigenvalue weighted by Crippen LogP contribution is 2.25. The largest absolute Gasteiger partial charge is 0.379 e. The summed E-state index contributed by atoms with van der Waals surface area (Å²) in [7, 11) is 0. The molecule has 5 nitrogen and oxygen atoms in total. The molecule has 2 aliphatic rings. The summed E-state index contributed by atoms with van der Waals surface area (Å²) in [5.41, 5.74) is 0.111. The molecule has 0 radical (unpaired) electrons. The van der Waals surface area contributed by atoms with Crippen LogP contribution in [0.25, 0.3) is 0 Å². The Bertz CT molecular complexity index is 586. The Morgan fingerprint density at radius 1 is 1.00 bits per heavy atom. The van der Waals surface area contributed by atoms with Crippen molar-refractivity contribution >= 4 is 5.91 Å². The standard InChI is InChI=1S/C22H35N3O2/c1-2-12-23-15-17-24(18-16-23)19-22(27)11-7-14-25(21(22)26)13-6-10-20-8-4-3-5-9-20/h3-5,8-9,27H,2,6-7,10-19H2,1H3/t22-/m1/s1. The topological polar surface area (TPSA) is 47.0 Å². The normalized spacial score (nSPS) is 25.1. The molecule has 1 atom stereocenters. The van der Waals surface area contributed by atoms with E-state index in [1.54, 1.807) is 0 Å². The molecule has 1 aromatic carbocycles. The molecule has 2 aliphatic heterocycles. The molecule has 2 fully saturated rings. The van der Waals surface area contributed by atoms with E-state index in [1.165, 1.54) is 12.0 Å². The molecule has 0 unspecified atom stereocenters. The fraction of sp³-hybridized carbons (Fsp3) is 0.682. The molecular weight excluding hydrogens is 338 g/mol. The van der Waals surface area contributed by atoms with Crippen molar-refractivity contribution in [2.24, 2.45) is 0 Å². The van der Waals surface area contributed by atoms with Crippen molar-refractivity contribution in [1.82, 2.24) is 14.7 Å². The van der Waals surface area contributed by atoms with Gasteiger partial charge in [0.2, 0.25) is 0 Å². The molecule has 0 aromatic heterocycles. The van der Waals surface area contributed by atoms with Crippen LogP contribution >= 0.6 is 0 Å². The van der Waals surface area contributed by atoms with E-state index >= 15 is 0 Å². The highest BCUT2D eigenvalue weighted by atomic mass is 16.3. The second-order valence-corrected chi connectivity index (χ2v) is 8.13. The SMILES string of the molecule is CCCN1CCN(C[C@]2(O)CCCN(CCCc3ccccc3)C2=O)CC1. The quantitative estimate of drug-likeness (QED) is 0.757. The minimum absolute atomic E-state index is 0.0576. The summed E-state index contributed by atoms with van der Waals surface area (Å²) in [6.07, 6.45) is 4.59.